The Kier molecular flexibility index (Phi) is 8.49. The maximum absolute atomic E-state index is 9.45. The predicted octanol–water partition coefficient (Wildman–Crippen LogP) is 4.68. The average molecular weight is 305 g/mol. The van der Waals surface area contributed by atoms with Gasteiger partial charge in [-0.05, 0) is 56.0 Å². The molecule has 2 nitrogen and oxygen atoms in total. The SMILES string of the molecule is CCCNC(C#N)(CC)CCCSCc1ccccc1C. The number of thioether (sulfide) groups is 1. The zero-order chi connectivity index (χ0) is 15.6. The highest BCUT2D eigenvalue weighted by Crippen LogP contribution is 2.21. The van der Waals surface area contributed by atoms with Gasteiger partial charge >= 0.3 is 0 Å². The second-order valence-corrected chi connectivity index (χ2v) is 6.66. The lowest BCUT2D eigenvalue weighted by Crippen LogP contribution is -2.43. The Morgan fingerprint density at radius 3 is 2.67 bits per heavy atom. The fourth-order valence-corrected chi connectivity index (χ4v) is 3.40. The monoisotopic (exact) mass is 304 g/mol. The van der Waals surface area contributed by atoms with Gasteiger partial charge in [-0.1, -0.05) is 38.1 Å². The number of rotatable bonds is 10. The summed E-state index contributed by atoms with van der Waals surface area (Å²) in [5.74, 6) is 2.19. The van der Waals surface area contributed by atoms with Crippen LogP contribution in [-0.2, 0) is 5.75 Å². The van der Waals surface area contributed by atoms with E-state index in [0.717, 1.165) is 43.7 Å². The molecule has 116 valence electrons. The Hall–Kier alpha value is -0.980. The summed E-state index contributed by atoms with van der Waals surface area (Å²) < 4.78 is 0. The van der Waals surface area contributed by atoms with Gasteiger partial charge in [-0.3, -0.25) is 5.32 Å². The number of aryl methyl sites for hydroxylation is 1. The molecule has 0 radical (unpaired) electrons. The van der Waals surface area contributed by atoms with Crippen LogP contribution in [0.2, 0.25) is 0 Å². The highest BCUT2D eigenvalue weighted by molar-refractivity contribution is 7.98. The summed E-state index contributed by atoms with van der Waals surface area (Å²) in [5, 5.41) is 12.9. The van der Waals surface area contributed by atoms with E-state index < -0.39 is 0 Å². The van der Waals surface area contributed by atoms with Crippen molar-refractivity contribution in [1.29, 1.82) is 5.26 Å². The van der Waals surface area contributed by atoms with Crippen molar-refractivity contribution >= 4 is 11.8 Å². The summed E-state index contributed by atoms with van der Waals surface area (Å²) in [5.41, 5.74) is 2.47. The summed E-state index contributed by atoms with van der Waals surface area (Å²) in [6, 6.07) is 11.1. The molecular formula is C18H28N2S. The molecule has 0 saturated heterocycles. The van der Waals surface area contributed by atoms with E-state index in [9.17, 15) is 5.26 Å². The molecule has 1 unspecified atom stereocenters. The smallest absolute Gasteiger partial charge is 0.106 e. The molecule has 0 aromatic heterocycles. The van der Waals surface area contributed by atoms with E-state index >= 15 is 0 Å². The molecule has 1 N–H and O–H groups in total. The van der Waals surface area contributed by atoms with E-state index in [1.54, 1.807) is 0 Å². The Labute approximate surface area is 134 Å². The highest BCUT2D eigenvalue weighted by Gasteiger charge is 2.25. The molecule has 0 aliphatic carbocycles. The summed E-state index contributed by atoms with van der Waals surface area (Å²) in [6.07, 6.45) is 3.99. The standard InChI is InChI=1S/C18H28N2S/c1-4-12-20-18(5-2,15-19)11-8-13-21-14-17-10-7-6-9-16(17)3/h6-7,9-10,20H,4-5,8,11-14H2,1-3H3. The Morgan fingerprint density at radius 2 is 2.05 bits per heavy atom. The lowest BCUT2D eigenvalue weighted by atomic mass is 9.92. The van der Waals surface area contributed by atoms with Crippen molar-refractivity contribution in [1.82, 2.24) is 5.32 Å². The summed E-state index contributed by atoms with van der Waals surface area (Å²) in [4.78, 5) is 0. The normalized spacial score (nSPS) is 13.6. The Balaban J connectivity index is 2.32. The minimum atomic E-state index is -0.320. The van der Waals surface area contributed by atoms with E-state index in [1.165, 1.54) is 11.1 Å². The van der Waals surface area contributed by atoms with Gasteiger partial charge in [-0.15, -0.1) is 0 Å². The maximum atomic E-state index is 9.45. The maximum Gasteiger partial charge on any atom is 0.106 e. The van der Waals surface area contributed by atoms with Crippen LogP contribution in [0.25, 0.3) is 0 Å². The van der Waals surface area contributed by atoms with Crippen molar-refractivity contribution in [2.75, 3.05) is 12.3 Å². The largest absolute Gasteiger partial charge is 0.299 e. The van der Waals surface area contributed by atoms with Gasteiger partial charge < -0.3 is 0 Å². The number of nitrogens with one attached hydrogen (secondary N) is 1. The third-order valence-electron chi connectivity index (χ3n) is 3.94. The molecule has 3 heteroatoms. The Bertz CT molecular complexity index is 453. The van der Waals surface area contributed by atoms with Crippen LogP contribution < -0.4 is 5.32 Å². The number of hydrogen-bond donors (Lipinski definition) is 1. The molecule has 0 bridgehead atoms. The van der Waals surface area contributed by atoms with Crippen LogP contribution in [0, 0.1) is 18.3 Å². The van der Waals surface area contributed by atoms with Gasteiger partial charge in [-0.2, -0.15) is 17.0 Å². The van der Waals surface area contributed by atoms with Crippen molar-refractivity contribution in [3.8, 4) is 6.07 Å². The molecule has 0 amide bonds. The van der Waals surface area contributed by atoms with Crippen molar-refractivity contribution in [2.45, 2.75) is 57.7 Å². The number of nitriles is 1. The molecule has 1 rings (SSSR count). The lowest BCUT2D eigenvalue weighted by molar-refractivity contribution is 0.371. The minimum absolute atomic E-state index is 0.320. The first-order valence-electron chi connectivity index (χ1n) is 7.96. The Morgan fingerprint density at radius 1 is 1.29 bits per heavy atom. The van der Waals surface area contributed by atoms with Crippen molar-refractivity contribution in [3.05, 3.63) is 35.4 Å². The van der Waals surface area contributed by atoms with Crippen molar-refractivity contribution in [2.24, 2.45) is 0 Å². The molecule has 1 aromatic carbocycles. The van der Waals surface area contributed by atoms with Crippen LogP contribution in [0.1, 0.15) is 50.7 Å². The number of hydrogen-bond acceptors (Lipinski definition) is 3. The van der Waals surface area contributed by atoms with E-state index in [1.807, 2.05) is 11.8 Å². The molecule has 0 aliphatic heterocycles. The number of nitrogens with zero attached hydrogens (tertiary/aromatic N) is 1. The third-order valence-corrected chi connectivity index (χ3v) is 5.03. The fraction of sp³-hybridized carbons (Fsp3) is 0.611. The lowest BCUT2D eigenvalue weighted by Gasteiger charge is -2.26. The zero-order valence-electron chi connectivity index (χ0n) is 13.6. The molecule has 0 saturated carbocycles. The van der Waals surface area contributed by atoms with Crippen molar-refractivity contribution < 1.29 is 0 Å². The van der Waals surface area contributed by atoms with Gasteiger partial charge in [0, 0.05) is 5.75 Å². The topological polar surface area (TPSA) is 35.8 Å². The van der Waals surface area contributed by atoms with Gasteiger partial charge in [0.05, 0.1) is 6.07 Å². The first-order chi connectivity index (χ1) is 10.2. The molecule has 0 aliphatic rings. The van der Waals surface area contributed by atoms with Crippen LogP contribution >= 0.6 is 11.8 Å². The van der Waals surface area contributed by atoms with E-state index in [-0.39, 0.29) is 5.54 Å². The van der Waals surface area contributed by atoms with Gasteiger partial charge in [0.15, 0.2) is 0 Å². The van der Waals surface area contributed by atoms with Gasteiger partial charge in [0.2, 0.25) is 0 Å². The minimum Gasteiger partial charge on any atom is -0.299 e. The molecule has 21 heavy (non-hydrogen) atoms. The molecule has 0 fully saturated rings. The third kappa shape index (κ3) is 6.11. The van der Waals surface area contributed by atoms with Crippen LogP contribution in [0.5, 0.6) is 0 Å². The molecule has 1 aromatic rings. The highest BCUT2D eigenvalue weighted by atomic mass is 32.2. The fourth-order valence-electron chi connectivity index (χ4n) is 2.36. The summed E-state index contributed by atoms with van der Waals surface area (Å²) in [6.45, 7) is 7.34. The first-order valence-corrected chi connectivity index (χ1v) is 9.11. The molecule has 0 spiro atoms. The summed E-state index contributed by atoms with van der Waals surface area (Å²) >= 11 is 1.97. The quantitative estimate of drug-likeness (QED) is 0.637. The second-order valence-electron chi connectivity index (χ2n) is 5.56. The first kappa shape index (κ1) is 18.1. The van der Waals surface area contributed by atoms with Crippen LogP contribution in [0.15, 0.2) is 24.3 Å². The molecule has 1 atom stereocenters. The predicted molar refractivity (Wildman–Crippen MR) is 93.5 cm³/mol. The van der Waals surface area contributed by atoms with E-state index in [4.69, 9.17) is 0 Å². The zero-order valence-corrected chi connectivity index (χ0v) is 14.4. The van der Waals surface area contributed by atoms with Crippen molar-refractivity contribution in [3.63, 3.8) is 0 Å². The molecular weight excluding hydrogens is 276 g/mol. The second kappa shape index (κ2) is 9.87. The van der Waals surface area contributed by atoms with E-state index in [2.05, 4.69) is 56.4 Å². The van der Waals surface area contributed by atoms with Crippen LogP contribution in [0.4, 0.5) is 0 Å². The van der Waals surface area contributed by atoms with Gasteiger partial charge in [0.25, 0.3) is 0 Å². The van der Waals surface area contributed by atoms with E-state index in [0.29, 0.717) is 0 Å². The van der Waals surface area contributed by atoms with Gasteiger partial charge in [0.1, 0.15) is 5.54 Å². The summed E-state index contributed by atoms with van der Waals surface area (Å²) in [7, 11) is 0. The average Bonchev–Trinajstić information content (AvgIpc) is 2.52. The molecule has 0 heterocycles. The van der Waals surface area contributed by atoms with Crippen LogP contribution in [0.3, 0.4) is 0 Å². The number of benzene rings is 1. The van der Waals surface area contributed by atoms with Gasteiger partial charge in [-0.25, -0.2) is 0 Å². The van der Waals surface area contributed by atoms with Crippen LogP contribution in [-0.4, -0.2) is 17.8 Å².